The van der Waals surface area contributed by atoms with Crippen molar-refractivity contribution < 1.29 is 4.79 Å². The predicted molar refractivity (Wildman–Crippen MR) is 52.6 cm³/mol. The maximum Gasteiger partial charge on any atom is 0.132 e. The maximum absolute atomic E-state index is 11.0. The van der Waals surface area contributed by atoms with Crippen LogP contribution in [-0.4, -0.2) is 10.8 Å². The van der Waals surface area contributed by atoms with E-state index in [1.54, 1.807) is 0 Å². The highest BCUT2D eigenvalue weighted by molar-refractivity contribution is 5.78. The van der Waals surface area contributed by atoms with Crippen LogP contribution in [0.5, 0.6) is 0 Å². The van der Waals surface area contributed by atoms with Crippen molar-refractivity contribution in [3.8, 4) is 0 Å². The molecule has 1 rings (SSSR count). The van der Waals surface area contributed by atoms with Crippen LogP contribution in [0.15, 0.2) is 18.3 Å². The summed E-state index contributed by atoms with van der Waals surface area (Å²) in [6.07, 6.45) is 3.94. The Labute approximate surface area is 79.0 Å². The largest absolute Gasteiger partial charge is 0.300 e. The maximum atomic E-state index is 11.0. The van der Waals surface area contributed by atoms with Crippen molar-refractivity contribution in [1.82, 2.24) is 4.98 Å². The lowest BCUT2D eigenvalue weighted by molar-refractivity contribution is -0.118. The summed E-state index contributed by atoms with van der Waals surface area (Å²) in [6.45, 7) is 3.86. The van der Waals surface area contributed by atoms with E-state index in [1.807, 2.05) is 32.2 Å². The number of Topliss-reactive ketones (excluding diaryl/α,β-unsaturated/α-hetero) is 1. The molecule has 13 heavy (non-hydrogen) atoms. The lowest BCUT2D eigenvalue weighted by Gasteiger charge is -1.99. The highest BCUT2D eigenvalue weighted by atomic mass is 16.1. The smallest absolute Gasteiger partial charge is 0.132 e. The van der Waals surface area contributed by atoms with Crippen molar-refractivity contribution in [2.24, 2.45) is 0 Å². The van der Waals surface area contributed by atoms with Gasteiger partial charge in [-0.3, -0.25) is 9.78 Å². The number of hydrogen-bond donors (Lipinski definition) is 0. The molecule has 0 bridgehead atoms. The average molecular weight is 177 g/mol. The van der Waals surface area contributed by atoms with E-state index in [-0.39, 0.29) is 0 Å². The number of rotatable bonds is 4. The first kappa shape index (κ1) is 9.90. The first-order chi connectivity index (χ1) is 6.22. The molecule has 0 atom stereocenters. The first-order valence-electron chi connectivity index (χ1n) is 4.65. The predicted octanol–water partition coefficient (Wildman–Crippen LogP) is 2.30. The summed E-state index contributed by atoms with van der Waals surface area (Å²) in [5.41, 5.74) is 2.16. The van der Waals surface area contributed by atoms with Gasteiger partial charge in [0.05, 0.1) is 0 Å². The number of aromatic nitrogens is 1. The average Bonchev–Trinajstić information content (AvgIpc) is 2.16. The Morgan fingerprint density at radius 1 is 1.46 bits per heavy atom. The summed E-state index contributed by atoms with van der Waals surface area (Å²) < 4.78 is 0. The molecular formula is C11H15NO. The van der Waals surface area contributed by atoms with E-state index in [2.05, 4.69) is 4.98 Å². The number of aryl methyl sites for hydroxylation is 2. The molecule has 0 N–H and O–H groups in total. The summed E-state index contributed by atoms with van der Waals surface area (Å²) in [5, 5.41) is 0. The van der Waals surface area contributed by atoms with Crippen molar-refractivity contribution >= 4 is 5.78 Å². The topological polar surface area (TPSA) is 30.0 Å². The molecule has 0 spiro atoms. The molecule has 70 valence electrons. The molecule has 2 nitrogen and oxygen atoms in total. The second-order valence-electron chi connectivity index (χ2n) is 3.20. The summed E-state index contributed by atoms with van der Waals surface area (Å²) in [5.74, 6) is 0.320. The van der Waals surface area contributed by atoms with Gasteiger partial charge in [-0.15, -0.1) is 0 Å². The molecule has 0 aliphatic carbocycles. The lowest BCUT2D eigenvalue weighted by atomic mass is 10.1. The van der Waals surface area contributed by atoms with Gasteiger partial charge >= 0.3 is 0 Å². The van der Waals surface area contributed by atoms with E-state index in [9.17, 15) is 4.79 Å². The second-order valence-corrected chi connectivity index (χ2v) is 3.20. The molecule has 2 heteroatoms. The summed E-state index contributed by atoms with van der Waals surface area (Å²) >= 11 is 0. The molecule has 0 radical (unpaired) electrons. The quantitative estimate of drug-likeness (QED) is 0.706. The van der Waals surface area contributed by atoms with Gasteiger partial charge in [0, 0.05) is 24.7 Å². The third kappa shape index (κ3) is 3.36. The number of carbonyl (C=O) groups is 1. The number of nitrogens with zero attached hydrogens (tertiary/aromatic N) is 1. The van der Waals surface area contributed by atoms with Crippen molar-refractivity contribution in [3.63, 3.8) is 0 Å². The zero-order valence-corrected chi connectivity index (χ0v) is 8.21. The van der Waals surface area contributed by atoms with Crippen LogP contribution < -0.4 is 0 Å². The molecule has 0 aromatic carbocycles. The van der Waals surface area contributed by atoms with E-state index < -0.39 is 0 Å². The molecule has 0 amide bonds. The third-order valence-corrected chi connectivity index (χ3v) is 2.06. The molecule has 0 saturated heterocycles. The van der Waals surface area contributed by atoms with Crippen molar-refractivity contribution in [2.75, 3.05) is 0 Å². The monoisotopic (exact) mass is 177 g/mol. The fourth-order valence-corrected chi connectivity index (χ4v) is 1.11. The van der Waals surface area contributed by atoms with Crippen LogP contribution in [0.3, 0.4) is 0 Å². The second kappa shape index (κ2) is 4.75. The molecule has 1 aromatic heterocycles. The van der Waals surface area contributed by atoms with Crippen LogP contribution in [-0.2, 0) is 11.2 Å². The fourth-order valence-electron chi connectivity index (χ4n) is 1.11. The van der Waals surface area contributed by atoms with E-state index >= 15 is 0 Å². The Balaban J connectivity index is 2.46. The molecule has 0 saturated carbocycles. The van der Waals surface area contributed by atoms with E-state index in [0.29, 0.717) is 18.6 Å². The fraction of sp³-hybridized carbons (Fsp3) is 0.455. The Kier molecular flexibility index (Phi) is 3.62. The van der Waals surface area contributed by atoms with E-state index in [0.717, 1.165) is 17.7 Å². The molecule has 0 unspecified atom stereocenters. The lowest BCUT2D eigenvalue weighted by Crippen LogP contribution is -1.98. The molecule has 0 aliphatic rings. The zero-order valence-electron chi connectivity index (χ0n) is 8.21. The Morgan fingerprint density at radius 3 is 2.77 bits per heavy atom. The Morgan fingerprint density at radius 2 is 2.23 bits per heavy atom. The number of hydrogen-bond acceptors (Lipinski definition) is 2. The normalized spacial score (nSPS) is 10.0. The minimum atomic E-state index is 0.320. The van der Waals surface area contributed by atoms with Crippen LogP contribution >= 0.6 is 0 Å². The van der Waals surface area contributed by atoms with E-state index in [1.165, 1.54) is 0 Å². The van der Waals surface area contributed by atoms with Crippen LogP contribution in [0, 0.1) is 6.92 Å². The highest BCUT2D eigenvalue weighted by Gasteiger charge is 1.99. The van der Waals surface area contributed by atoms with Crippen molar-refractivity contribution in [1.29, 1.82) is 0 Å². The highest BCUT2D eigenvalue weighted by Crippen LogP contribution is 2.03. The molecule has 1 aromatic rings. The van der Waals surface area contributed by atoms with Gasteiger partial charge in [0.1, 0.15) is 5.78 Å². The van der Waals surface area contributed by atoms with Gasteiger partial charge in [-0.2, -0.15) is 0 Å². The zero-order chi connectivity index (χ0) is 9.68. The van der Waals surface area contributed by atoms with Crippen LogP contribution in [0.4, 0.5) is 0 Å². The minimum absolute atomic E-state index is 0.320. The SMILES string of the molecule is CCC(=O)CCc1ccc(C)nc1. The van der Waals surface area contributed by atoms with Crippen molar-refractivity contribution in [2.45, 2.75) is 33.1 Å². The standard InChI is InChI=1S/C11H15NO/c1-3-11(13)7-6-10-5-4-9(2)12-8-10/h4-5,8H,3,6-7H2,1-2H3. The molecule has 1 heterocycles. The third-order valence-electron chi connectivity index (χ3n) is 2.06. The van der Waals surface area contributed by atoms with Gasteiger partial charge < -0.3 is 0 Å². The molecule has 0 aliphatic heterocycles. The number of carbonyl (C=O) groups excluding carboxylic acids is 1. The van der Waals surface area contributed by atoms with Crippen LogP contribution in [0.1, 0.15) is 31.0 Å². The van der Waals surface area contributed by atoms with Gasteiger partial charge in [0.2, 0.25) is 0 Å². The molecular weight excluding hydrogens is 162 g/mol. The summed E-state index contributed by atoms with van der Waals surface area (Å²) in [7, 11) is 0. The van der Waals surface area contributed by atoms with Gasteiger partial charge in [-0.1, -0.05) is 13.0 Å². The minimum Gasteiger partial charge on any atom is -0.300 e. The van der Waals surface area contributed by atoms with Crippen LogP contribution in [0.2, 0.25) is 0 Å². The van der Waals surface area contributed by atoms with Gasteiger partial charge in [0.15, 0.2) is 0 Å². The van der Waals surface area contributed by atoms with Crippen molar-refractivity contribution in [3.05, 3.63) is 29.6 Å². The molecule has 0 fully saturated rings. The van der Waals surface area contributed by atoms with Crippen LogP contribution in [0.25, 0.3) is 0 Å². The Hall–Kier alpha value is -1.18. The summed E-state index contributed by atoms with van der Waals surface area (Å²) in [6, 6.07) is 4.01. The summed E-state index contributed by atoms with van der Waals surface area (Å²) in [4.78, 5) is 15.2. The van der Waals surface area contributed by atoms with Gasteiger partial charge in [0.25, 0.3) is 0 Å². The number of pyridine rings is 1. The first-order valence-corrected chi connectivity index (χ1v) is 4.65. The van der Waals surface area contributed by atoms with Gasteiger partial charge in [-0.25, -0.2) is 0 Å². The van der Waals surface area contributed by atoms with E-state index in [4.69, 9.17) is 0 Å². The number of ketones is 1. The van der Waals surface area contributed by atoms with Gasteiger partial charge in [-0.05, 0) is 25.0 Å². The Bertz CT molecular complexity index is 277.